The molecule has 1 aromatic carbocycles. The molecule has 1 aromatic heterocycles. The number of hydrogen-bond acceptors (Lipinski definition) is 2. The second-order valence-corrected chi connectivity index (χ2v) is 3.92. The molecule has 3 nitrogen and oxygen atoms in total. The maximum Gasteiger partial charge on any atom is 0.303 e. The first-order chi connectivity index (χ1) is 7.68. The van der Waals surface area contributed by atoms with Crippen molar-refractivity contribution in [1.29, 1.82) is 0 Å². The summed E-state index contributed by atoms with van der Waals surface area (Å²) in [6, 6.07) is 5.52. The van der Waals surface area contributed by atoms with Crippen LogP contribution in [-0.2, 0) is 11.2 Å². The maximum atomic E-state index is 10.6. The summed E-state index contributed by atoms with van der Waals surface area (Å²) in [5.74, 6) is -0.817. The lowest BCUT2D eigenvalue weighted by molar-refractivity contribution is -0.136. The molecule has 82 valence electrons. The molecule has 1 heterocycles. The highest BCUT2D eigenvalue weighted by molar-refractivity contribution is 6.32. The van der Waals surface area contributed by atoms with Gasteiger partial charge in [-0.25, -0.2) is 0 Å². The van der Waals surface area contributed by atoms with Gasteiger partial charge >= 0.3 is 5.97 Å². The Kier molecular flexibility index (Phi) is 3.06. The molecule has 16 heavy (non-hydrogen) atoms. The van der Waals surface area contributed by atoms with E-state index in [4.69, 9.17) is 16.7 Å². The van der Waals surface area contributed by atoms with Crippen LogP contribution in [0.2, 0.25) is 5.02 Å². The van der Waals surface area contributed by atoms with Gasteiger partial charge in [0, 0.05) is 29.2 Å². The predicted octanol–water partition coefficient (Wildman–Crippen LogP) is 2.91. The highest BCUT2D eigenvalue weighted by Crippen LogP contribution is 2.26. The number of carboxylic acids is 1. The zero-order valence-corrected chi connectivity index (χ0v) is 9.24. The molecule has 0 saturated carbocycles. The van der Waals surface area contributed by atoms with Crippen molar-refractivity contribution in [1.82, 2.24) is 4.98 Å². The summed E-state index contributed by atoms with van der Waals surface area (Å²) in [6.07, 6.45) is 3.95. The SMILES string of the molecule is O=C(O)CCc1c(Cl)ccc2cnccc12. The molecule has 2 aromatic rings. The number of carboxylic acid groups (broad SMARTS) is 1. The highest BCUT2D eigenvalue weighted by atomic mass is 35.5. The van der Waals surface area contributed by atoms with Crippen molar-refractivity contribution < 1.29 is 9.90 Å². The molecule has 2 rings (SSSR count). The smallest absolute Gasteiger partial charge is 0.303 e. The molecular formula is C12H10ClNO2. The van der Waals surface area contributed by atoms with Gasteiger partial charge < -0.3 is 5.11 Å². The van der Waals surface area contributed by atoms with Crippen LogP contribution in [0.5, 0.6) is 0 Å². The van der Waals surface area contributed by atoms with E-state index in [9.17, 15) is 4.79 Å². The molecule has 0 aliphatic carbocycles. The van der Waals surface area contributed by atoms with Gasteiger partial charge in [-0.3, -0.25) is 9.78 Å². The Morgan fingerprint density at radius 2 is 2.19 bits per heavy atom. The normalized spacial score (nSPS) is 10.6. The lowest BCUT2D eigenvalue weighted by Gasteiger charge is -2.07. The van der Waals surface area contributed by atoms with Crippen molar-refractivity contribution >= 4 is 28.3 Å². The number of hydrogen-bond donors (Lipinski definition) is 1. The van der Waals surface area contributed by atoms with Gasteiger partial charge in [0.05, 0.1) is 0 Å². The molecule has 0 amide bonds. The molecule has 0 saturated heterocycles. The van der Waals surface area contributed by atoms with Gasteiger partial charge in [-0.15, -0.1) is 0 Å². The number of fused-ring (bicyclic) bond motifs is 1. The molecule has 0 bridgehead atoms. The lowest BCUT2D eigenvalue weighted by atomic mass is 10.0. The number of aryl methyl sites for hydroxylation is 1. The first-order valence-corrected chi connectivity index (χ1v) is 5.29. The second-order valence-electron chi connectivity index (χ2n) is 3.52. The van der Waals surface area contributed by atoms with E-state index in [-0.39, 0.29) is 6.42 Å². The first kappa shape index (κ1) is 10.9. The topological polar surface area (TPSA) is 50.2 Å². The van der Waals surface area contributed by atoms with Gasteiger partial charge in [0.2, 0.25) is 0 Å². The summed E-state index contributed by atoms with van der Waals surface area (Å²) in [7, 11) is 0. The predicted molar refractivity (Wildman–Crippen MR) is 62.7 cm³/mol. The van der Waals surface area contributed by atoms with Crippen molar-refractivity contribution in [2.45, 2.75) is 12.8 Å². The van der Waals surface area contributed by atoms with Gasteiger partial charge in [0.1, 0.15) is 0 Å². The molecule has 0 spiro atoms. The quantitative estimate of drug-likeness (QED) is 0.890. The van der Waals surface area contributed by atoms with E-state index in [1.807, 2.05) is 12.1 Å². The third-order valence-electron chi connectivity index (χ3n) is 2.46. The standard InChI is InChI=1S/C12H10ClNO2/c13-11-3-1-8-7-14-6-5-9(8)10(11)2-4-12(15)16/h1,3,5-7H,2,4H2,(H,15,16). The zero-order chi connectivity index (χ0) is 11.5. The third-order valence-corrected chi connectivity index (χ3v) is 2.82. The molecule has 0 aliphatic rings. The van der Waals surface area contributed by atoms with E-state index in [1.165, 1.54) is 0 Å². The van der Waals surface area contributed by atoms with Gasteiger partial charge in [-0.1, -0.05) is 17.7 Å². The average Bonchev–Trinajstić information content (AvgIpc) is 2.27. The Balaban J connectivity index is 2.48. The van der Waals surface area contributed by atoms with Crippen LogP contribution in [0, 0.1) is 0 Å². The van der Waals surface area contributed by atoms with Crippen molar-refractivity contribution in [2.24, 2.45) is 0 Å². The van der Waals surface area contributed by atoms with Crippen molar-refractivity contribution in [3.05, 3.63) is 41.2 Å². The first-order valence-electron chi connectivity index (χ1n) is 4.91. The maximum absolute atomic E-state index is 10.6. The summed E-state index contributed by atoms with van der Waals surface area (Å²) < 4.78 is 0. The van der Waals surface area contributed by atoms with Crippen LogP contribution in [0.25, 0.3) is 10.8 Å². The molecule has 0 unspecified atom stereocenters. The molecule has 0 atom stereocenters. The van der Waals surface area contributed by atoms with E-state index < -0.39 is 5.97 Å². The highest BCUT2D eigenvalue weighted by Gasteiger charge is 2.08. The van der Waals surface area contributed by atoms with Crippen LogP contribution in [-0.4, -0.2) is 16.1 Å². The lowest BCUT2D eigenvalue weighted by Crippen LogP contribution is -1.98. The summed E-state index contributed by atoms with van der Waals surface area (Å²) in [5, 5.41) is 11.2. The van der Waals surface area contributed by atoms with Crippen LogP contribution in [0.3, 0.4) is 0 Å². The second kappa shape index (κ2) is 4.49. The van der Waals surface area contributed by atoms with Crippen LogP contribution in [0.15, 0.2) is 30.6 Å². The number of halogens is 1. The minimum absolute atomic E-state index is 0.0845. The van der Waals surface area contributed by atoms with E-state index in [0.29, 0.717) is 11.4 Å². The van der Waals surface area contributed by atoms with Gasteiger partial charge in [-0.05, 0) is 29.5 Å². The Morgan fingerprint density at radius 1 is 1.38 bits per heavy atom. The number of carbonyl (C=O) groups is 1. The van der Waals surface area contributed by atoms with E-state index in [0.717, 1.165) is 16.3 Å². The zero-order valence-electron chi connectivity index (χ0n) is 8.48. The van der Waals surface area contributed by atoms with E-state index in [2.05, 4.69) is 4.98 Å². The monoisotopic (exact) mass is 235 g/mol. The van der Waals surface area contributed by atoms with Crippen LogP contribution in [0.1, 0.15) is 12.0 Å². The molecule has 1 N–H and O–H groups in total. The summed E-state index contributed by atoms with van der Waals surface area (Å²) >= 11 is 6.07. The van der Waals surface area contributed by atoms with Crippen molar-refractivity contribution in [3.63, 3.8) is 0 Å². The number of aromatic nitrogens is 1. The molecule has 0 radical (unpaired) electrons. The molecule has 0 fully saturated rings. The van der Waals surface area contributed by atoms with Gasteiger partial charge in [0.25, 0.3) is 0 Å². The molecule has 0 aliphatic heterocycles. The largest absolute Gasteiger partial charge is 0.481 e. The fraction of sp³-hybridized carbons (Fsp3) is 0.167. The summed E-state index contributed by atoms with van der Waals surface area (Å²) in [6.45, 7) is 0. The molecular weight excluding hydrogens is 226 g/mol. The van der Waals surface area contributed by atoms with Crippen LogP contribution >= 0.6 is 11.6 Å². The van der Waals surface area contributed by atoms with Crippen LogP contribution in [0.4, 0.5) is 0 Å². The Labute approximate surface area is 97.7 Å². The van der Waals surface area contributed by atoms with Gasteiger partial charge in [-0.2, -0.15) is 0 Å². The fourth-order valence-corrected chi connectivity index (χ4v) is 1.95. The summed E-state index contributed by atoms with van der Waals surface area (Å²) in [5.41, 5.74) is 0.879. The Morgan fingerprint density at radius 3 is 2.94 bits per heavy atom. The van der Waals surface area contributed by atoms with Crippen LogP contribution < -0.4 is 0 Å². The van der Waals surface area contributed by atoms with E-state index in [1.54, 1.807) is 18.5 Å². The van der Waals surface area contributed by atoms with Crippen molar-refractivity contribution in [2.75, 3.05) is 0 Å². The average molecular weight is 236 g/mol. The van der Waals surface area contributed by atoms with Crippen molar-refractivity contribution in [3.8, 4) is 0 Å². The minimum Gasteiger partial charge on any atom is -0.481 e. The van der Waals surface area contributed by atoms with Gasteiger partial charge in [0.15, 0.2) is 0 Å². The third kappa shape index (κ3) is 2.14. The number of rotatable bonds is 3. The summed E-state index contributed by atoms with van der Waals surface area (Å²) in [4.78, 5) is 14.6. The minimum atomic E-state index is -0.817. The molecule has 4 heteroatoms. The fourth-order valence-electron chi connectivity index (χ4n) is 1.69. The number of benzene rings is 1. The Bertz CT molecular complexity index is 540. The Hall–Kier alpha value is -1.61. The van der Waals surface area contributed by atoms with E-state index >= 15 is 0 Å². The number of aliphatic carboxylic acids is 1. The number of pyridine rings is 1. The number of nitrogens with zero attached hydrogens (tertiary/aromatic N) is 1.